The van der Waals surface area contributed by atoms with Gasteiger partial charge in [0.05, 0.1) is 17.2 Å². The third-order valence-electron chi connectivity index (χ3n) is 5.22. The van der Waals surface area contributed by atoms with Crippen molar-refractivity contribution in [2.45, 2.75) is 20.3 Å². The van der Waals surface area contributed by atoms with Gasteiger partial charge in [0.15, 0.2) is 0 Å². The minimum atomic E-state index is -0.484. The van der Waals surface area contributed by atoms with Gasteiger partial charge in [0, 0.05) is 31.7 Å². The molecule has 1 saturated heterocycles. The third-order valence-corrected chi connectivity index (χ3v) is 5.22. The second-order valence-corrected chi connectivity index (χ2v) is 7.20. The minimum absolute atomic E-state index is 0. The fourth-order valence-corrected chi connectivity index (χ4v) is 3.45. The highest BCUT2D eigenvalue weighted by molar-refractivity contribution is 6.07. The van der Waals surface area contributed by atoms with Gasteiger partial charge in [-0.2, -0.15) is 0 Å². The van der Waals surface area contributed by atoms with E-state index in [0.717, 1.165) is 16.8 Å². The quantitative estimate of drug-likeness (QED) is 0.654. The molecule has 1 aliphatic rings. The van der Waals surface area contributed by atoms with Crippen LogP contribution in [0.1, 0.15) is 27.9 Å². The first kappa shape index (κ1) is 23.4. The first-order valence-electron chi connectivity index (χ1n) is 9.67. The van der Waals surface area contributed by atoms with Crippen LogP contribution in [0.15, 0.2) is 42.5 Å². The Balaban J connectivity index is 0.00000320. The number of nitrogens with zero attached hydrogens (tertiary/aromatic N) is 1. The maximum atomic E-state index is 12.8. The van der Waals surface area contributed by atoms with Crippen molar-refractivity contribution in [2.75, 3.05) is 29.9 Å². The van der Waals surface area contributed by atoms with Crippen LogP contribution in [0.5, 0.6) is 0 Å². The Bertz CT molecular complexity index is 948. The van der Waals surface area contributed by atoms with Crippen LogP contribution in [0.2, 0.25) is 0 Å². The number of nitrogens with one attached hydrogen (secondary N) is 2. The summed E-state index contributed by atoms with van der Waals surface area (Å²) in [4.78, 5) is 39.4. The molecule has 1 unspecified atom stereocenters. The molecule has 1 atom stereocenters. The molecule has 3 rings (SSSR count). The van der Waals surface area contributed by atoms with E-state index in [1.165, 1.54) is 0 Å². The molecule has 8 heteroatoms. The number of hydrogen-bond donors (Lipinski definition) is 3. The van der Waals surface area contributed by atoms with Gasteiger partial charge in [-0.05, 0) is 43.2 Å². The summed E-state index contributed by atoms with van der Waals surface area (Å²) in [5, 5.41) is 5.52. The first-order chi connectivity index (χ1) is 13.9. The SMILES string of the molecule is Cc1cccc(N2CC(C(=O)Nc3ccccc3C(=O)NCCN)CC2=O)c1C.Cl. The molecule has 4 N–H and O–H groups in total. The smallest absolute Gasteiger partial charge is 0.253 e. The molecule has 0 spiro atoms. The van der Waals surface area contributed by atoms with E-state index < -0.39 is 5.92 Å². The van der Waals surface area contributed by atoms with Crippen molar-refractivity contribution in [1.29, 1.82) is 0 Å². The number of halogens is 1. The van der Waals surface area contributed by atoms with Crippen LogP contribution >= 0.6 is 12.4 Å². The van der Waals surface area contributed by atoms with E-state index >= 15 is 0 Å². The fourth-order valence-electron chi connectivity index (χ4n) is 3.45. The molecule has 1 fully saturated rings. The zero-order chi connectivity index (χ0) is 21.0. The molecule has 7 nitrogen and oxygen atoms in total. The highest BCUT2D eigenvalue weighted by Gasteiger charge is 2.36. The number of nitrogens with two attached hydrogens (primary N) is 1. The van der Waals surface area contributed by atoms with E-state index in [0.29, 0.717) is 30.9 Å². The van der Waals surface area contributed by atoms with Crippen LogP contribution in [-0.4, -0.2) is 37.4 Å². The lowest BCUT2D eigenvalue weighted by molar-refractivity contribution is -0.122. The van der Waals surface area contributed by atoms with Gasteiger partial charge < -0.3 is 21.3 Å². The number of amides is 3. The lowest BCUT2D eigenvalue weighted by Gasteiger charge is -2.20. The van der Waals surface area contributed by atoms with Crippen molar-refractivity contribution in [2.24, 2.45) is 11.7 Å². The zero-order valence-corrected chi connectivity index (χ0v) is 17.9. The monoisotopic (exact) mass is 430 g/mol. The molecule has 0 radical (unpaired) electrons. The van der Waals surface area contributed by atoms with Crippen molar-refractivity contribution in [1.82, 2.24) is 5.32 Å². The summed E-state index contributed by atoms with van der Waals surface area (Å²) in [5.41, 5.74) is 9.18. The summed E-state index contributed by atoms with van der Waals surface area (Å²) in [5.74, 6) is -1.13. The number of benzene rings is 2. The molecule has 30 heavy (non-hydrogen) atoms. The Kier molecular flexibility index (Phi) is 7.97. The van der Waals surface area contributed by atoms with Gasteiger partial charge in [-0.3, -0.25) is 14.4 Å². The molecule has 1 aliphatic heterocycles. The molecular formula is C22H27ClN4O3. The molecule has 160 valence electrons. The van der Waals surface area contributed by atoms with E-state index in [9.17, 15) is 14.4 Å². The van der Waals surface area contributed by atoms with Crippen molar-refractivity contribution in [3.63, 3.8) is 0 Å². The standard InChI is InChI=1S/C22H26N4O3.ClH/c1-14-6-5-9-19(15(14)2)26-13-16(12-20(26)27)21(28)25-18-8-4-3-7-17(18)22(29)24-11-10-23;/h3-9,16H,10-13,23H2,1-2H3,(H,24,29)(H,25,28);1H. The van der Waals surface area contributed by atoms with Crippen molar-refractivity contribution in [3.05, 3.63) is 59.2 Å². The van der Waals surface area contributed by atoms with Gasteiger partial charge in [-0.25, -0.2) is 0 Å². The van der Waals surface area contributed by atoms with Crippen LogP contribution in [0.25, 0.3) is 0 Å². The van der Waals surface area contributed by atoms with Crippen LogP contribution in [0, 0.1) is 19.8 Å². The molecule has 1 heterocycles. The van der Waals surface area contributed by atoms with Gasteiger partial charge in [0.1, 0.15) is 0 Å². The Labute approximate surface area is 182 Å². The summed E-state index contributed by atoms with van der Waals surface area (Å²) < 4.78 is 0. The summed E-state index contributed by atoms with van der Waals surface area (Å²) in [6.45, 7) is 4.97. The predicted molar refractivity (Wildman–Crippen MR) is 120 cm³/mol. The maximum Gasteiger partial charge on any atom is 0.253 e. The number of aryl methyl sites for hydroxylation is 1. The number of carbonyl (C=O) groups is 3. The Morgan fingerprint density at radius 2 is 1.87 bits per heavy atom. The number of para-hydroxylation sites is 1. The van der Waals surface area contributed by atoms with Crippen molar-refractivity contribution in [3.8, 4) is 0 Å². The summed E-state index contributed by atoms with van der Waals surface area (Å²) in [6, 6.07) is 12.6. The van der Waals surface area contributed by atoms with Gasteiger partial charge in [-0.15, -0.1) is 12.4 Å². The number of carbonyl (C=O) groups excluding carboxylic acids is 3. The van der Waals surface area contributed by atoms with Crippen LogP contribution in [-0.2, 0) is 9.59 Å². The molecule has 0 bridgehead atoms. The minimum Gasteiger partial charge on any atom is -0.351 e. The molecular weight excluding hydrogens is 404 g/mol. The normalized spacial score (nSPS) is 15.5. The van der Waals surface area contributed by atoms with E-state index in [4.69, 9.17) is 5.73 Å². The van der Waals surface area contributed by atoms with Crippen LogP contribution < -0.4 is 21.3 Å². The number of anilines is 2. The highest BCUT2D eigenvalue weighted by Crippen LogP contribution is 2.30. The topological polar surface area (TPSA) is 105 Å². The Morgan fingerprint density at radius 3 is 2.60 bits per heavy atom. The number of rotatable bonds is 6. The van der Waals surface area contributed by atoms with Gasteiger partial charge >= 0.3 is 0 Å². The maximum absolute atomic E-state index is 12.8. The van der Waals surface area contributed by atoms with Gasteiger partial charge in [0.2, 0.25) is 11.8 Å². The molecule has 0 aromatic heterocycles. The van der Waals surface area contributed by atoms with Crippen LogP contribution in [0.4, 0.5) is 11.4 Å². The lowest BCUT2D eigenvalue weighted by Crippen LogP contribution is -2.31. The average molecular weight is 431 g/mol. The average Bonchev–Trinajstić information content (AvgIpc) is 3.10. The Hall–Kier alpha value is -2.90. The molecule has 2 aromatic carbocycles. The van der Waals surface area contributed by atoms with Crippen molar-refractivity contribution >= 4 is 41.5 Å². The molecule has 3 amide bonds. The molecule has 0 saturated carbocycles. The van der Waals surface area contributed by atoms with E-state index in [2.05, 4.69) is 10.6 Å². The number of hydrogen-bond acceptors (Lipinski definition) is 4. The largest absolute Gasteiger partial charge is 0.351 e. The Morgan fingerprint density at radius 1 is 1.13 bits per heavy atom. The highest BCUT2D eigenvalue weighted by atomic mass is 35.5. The van der Waals surface area contributed by atoms with Gasteiger partial charge in [-0.1, -0.05) is 24.3 Å². The van der Waals surface area contributed by atoms with E-state index in [-0.39, 0.29) is 36.5 Å². The second-order valence-electron chi connectivity index (χ2n) is 7.20. The summed E-state index contributed by atoms with van der Waals surface area (Å²) in [7, 11) is 0. The third kappa shape index (κ3) is 4.98. The van der Waals surface area contributed by atoms with Crippen molar-refractivity contribution < 1.29 is 14.4 Å². The summed E-state index contributed by atoms with van der Waals surface area (Å²) >= 11 is 0. The fraction of sp³-hybridized carbons (Fsp3) is 0.318. The second kappa shape index (κ2) is 10.2. The van der Waals surface area contributed by atoms with Gasteiger partial charge in [0.25, 0.3) is 5.91 Å². The predicted octanol–water partition coefficient (Wildman–Crippen LogP) is 2.41. The molecule has 2 aromatic rings. The van der Waals surface area contributed by atoms with E-state index in [1.807, 2.05) is 32.0 Å². The lowest BCUT2D eigenvalue weighted by atomic mass is 10.1. The molecule has 0 aliphatic carbocycles. The zero-order valence-electron chi connectivity index (χ0n) is 17.1. The first-order valence-corrected chi connectivity index (χ1v) is 9.67. The van der Waals surface area contributed by atoms with Crippen LogP contribution in [0.3, 0.4) is 0 Å². The summed E-state index contributed by atoms with van der Waals surface area (Å²) in [6.07, 6.45) is 0.140. The van der Waals surface area contributed by atoms with E-state index in [1.54, 1.807) is 29.2 Å².